The molecule has 0 amide bonds. The lowest BCUT2D eigenvalue weighted by Gasteiger charge is -2.24. The van der Waals surface area contributed by atoms with E-state index in [0.717, 1.165) is 32.1 Å². The van der Waals surface area contributed by atoms with Gasteiger partial charge in [-0.05, 0) is 12.8 Å². The molecule has 0 aromatic rings. The average molecular weight is 791 g/mol. The summed E-state index contributed by atoms with van der Waals surface area (Å²) in [5.41, 5.74) is 0. The second kappa shape index (κ2) is 39.3. The van der Waals surface area contributed by atoms with Gasteiger partial charge in [-0.1, -0.05) is 206 Å². The SMILES string of the molecule is CCCCCCCCCCCCCCCCCCCCCCCCCOCC(COP(=O)(O)OCC[N+](C)(C)C)OC(=O)CCCCCCCCCCC. The van der Waals surface area contributed by atoms with Gasteiger partial charge in [0.05, 0.1) is 34.4 Å². The summed E-state index contributed by atoms with van der Waals surface area (Å²) in [7, 11) is 1.68. The molecule has 1 N–H and O–H groups in total. The third-order valence-electron chi connectivity index (χ3n) is 10.4. The minimum absolute atomic E-state index is 0.0936. The van der Waals surface area contributed by atoms with Crippen LogP contribution >= 0.6 is 7.82 Å². The molecule has 0 fully saturated rings. The van der Waals surface area contributed by atoms with Crippen molar-refractivity contribution in [3.05, 3.63) is 0 Å². The van der Waals surface area contributed by atoms with Crippen LogP contribution in [0.3, 0.4) is 0 Å². The van der Waals surface area contributed by atoms with Crippen LogP contribution in [0.4, 0.5) is 0 Å². The number of phosphoric ester groups is 1. The van der Waals surface area contributed by atoms with Crippen molar-refractivity contribution in [1.29, 1.82) is 0 Å². The van der Waals surface area contributed by atoms with Crippen LogP contribution in [0.2, 0.25) is 0 Å². The van der Waals surface area contributed by atoms with Gasteiger partial charge in [-0.25, -0.2) is 4.57 Å². The first-order valence-electron chi connectivity index (χ1n) is 23.3. The van der Waals surface area contributed by atoms with E-state index in [1.54, 1.807) is 0 Å². The minimum atomic E-state index is -4.26. The Morgan fingerprint density at radius 1 is 0.500 bits per heavy atom. The first kappa shape index (κ1) is 53.5. The third-order valence-corrected chi connectivity index (χ3v) is 11.4. The number of nitrogens with zero attached hydrogens (tertiary/aromatic N) is 1. The Morgan fingerprint density at radius 3 is 1.22 bits per heavy atom. The first-order chi connectivity index (χ1) is 26.1. The van der Waals surface area contributed by atoms with Gasteiger partial charge >= 0.3 is 13.8 Å². The molecule has 9 heteroatoms. The minimum Gasteiger partial charge on any atom is -0.457 e. The van der Waals surface area contributed by atoms with Crippen LogP contribution in [0.5, 0.6) is 0 Å². The Bertz CT molecular complexity index is 837. The summed E-state index contributed by atoms with van der Waals surface area (Å²) in [6, 6.07) is 0. The molecule has 0 spiro atoms. The molecule has 2 unspecified atom stereocenters. The number of unbranched alkanes of at least 4 members (excludes halogenated alkanes) is 30. The smallest absolute Gasteiger partial charge is 0.457 e. The monoisotopic (exact) mass is 791 g/mol. The van der Waals surface area contributed by atoms with Gasteiger partial charge in [-0.2, -0.15) is 0 Å². The van der Waals surface area contributed by atoms with Crippen molar-refractivity contribution < 1.29 is 37.3 Å². The Morgan fingerprint density at radius 2 is 0.852 bits per heavy atom. The zero-order valence-electron chi connectivity index (χ0n) is 36.7. The normalized spacial score (nSPS) is 13.7. The summed E-state index contributed by atoms with van der Waals surface area (Å²) >= 11 is 0. The van der Waals surface area contributed by atoms with Crippen molar-refractivity contribution in [1.82, 2.24) is 0 Å². The molecule has 0 radical (unpaired) electrons. The highest BCUT2D eigenvalue weighted by molar-refractivity contribution is 7.47. The second-order valence-corrected chi connectivity index (χ2v) is 18.6. The lowest BCUT2D eigenvalue weighted by atomic mass is 10.0. The molecule has 54 heavy (non-hydrogen) atoms. The topological polar surface area (TPSA) is 91.3 Å². The number of rotatable bonds is 44. The van der Waals surface area contributed by atoms with Gasteiger partial charge in [0, 0.05) is 13.0 Å². The van der Waals surface area contributed by atoms with Gasteiger partial charge in [0.25, 0.3) is 0 Å². The Hall–Kier alpha value is -0.500. The molecule has 324 valence electrons. The van der Waals surface area contributed by atoms with Crippen LogP contribution in [0.15, 0.2) is 0 Å². The summed E-state index contributed by atoms with van der Waals surface area (Å²) in [6.45, 7) is 5.66. The number of carbonyl (C=O) groups excluding carboxylic acids is 1. The van der Waals surface area contributed by atoms with Crippen molar-refractivity contribution >= 4 is 13.8 Å². The molecule has 0 rings (SSSR count). The fourth-order valence-electron chi connectivity index (χ4n) is 6.79. The molecule has 0 aliphatic rings. The fraction of sp³-hybridized carbons (Fsp3) is 0.978. The highest BCUT2D eigenvalue weighted by Crippen LogP contribution is 2.43. The standard InChI is InChI=1S/C45H92NO7P/c1-6-8-10-12-14-16-17-18-19-20-21-22-23-24-25-26-27-28-29-31-33-35-37-40-50-42-44(43-52-54(48,49)51-41-39-46(3,4)5)53-45(47)38-36-34-32-30-15-13-11-9-7-2/h44H,6-43H2,1-5H3/p+1. The van der Waals surface area contributed by atoms with E-state index in [-0.39, 0.29) is 25.8 Å². The molecule has 2 atom stereocenters. The molecule has 0 heterocycles. The van der Waals surface area contributed by atoms with Crippen molar-refractivity contribution in [2.75, 3.05) is 54.1 Å². The molecule has 0 aliphatic heterocycles. The van der Waals surface area contributed by atoms with Gasteiger partial charge in [0.1, 0.15) is 19.3 Å². The molecular weight excluding hydrogens is 697 g/mol. The summed E-state index contributed by atoms with van der Waals surface area (Å²) in [5, 5.41) is 0. The van der Waals surface area contributed by atoms with Gasteiger partial charge < -0.3 is 18.9 Å². The van der Waals surface area contributed by atoms with E-state index in [1.807, 2.05) is 21.1 Å². The number of hydrogen-bond acceptors (Lipinski definition) is 6. The zero-order valence-corrected chi connectivity index (χ0v) is 37.6. The van der Waals surface area contributed by atoms with Crippen molar-refractivity contribution in [3.8, 4) is 0 Å². The first-order valence-corrected chi connectivity index (χ1v) is 24.8. The number of hydrogen-bond donors (Lipinski definition) is 1. The van der Waals surface area contributed by atoms with Gasteiger partial charge in [0.15, 0.2) is 0 Å². The van der Waals surface area contributed by atoms with E-state index in [2.05, 4.69) is 13.8 Å². The quantitative estimate of drug-likeness (QED) is 0.0284. The molecule has 0 saturated heterocycles. The number of likely N-dealkylation sites (N-methyl/N-ethyl adjacent to an activating group) is 1. The molecular formula is C45H93NO7P+. The van der Waals surface area contributed by atoms with Crippen LogP contribution < -0.4 is 0 Å². The predicted octanol–water partition coefficient (Wildman–Crippen LogP) is 13.7. The largest absolute Gasteiger partial charge is 0.472 e. The van der Waals surface area contributed by atoms with Crippen LogP contribution in [0, 0.1) is 0 Å². The lowest BCUT2D eigenvalue weighted by Crippen LogP contribution is -2.37. The highest BCUT2D eigenvalue weighted by Gasteiger charge is 2.26. The van der Waals surface area contributed by atoms with Crippen molar-refractivity contribution in [3.63, 3.8) is 0 Å². The van der Waals surface area contributed by atoms with Crippen LogP contribution in [0.25, 0.3) is 0 Å². The van der Waals surface area contributed by atoms with Crippen LogP contribution in [-0.4, -0.2) is 75.6 Å². The number of ether oxygens (including phenoxy) is 2. The Labute approximate surface area is 336 Å². The summed E-state index contributed by atoms with van der Waals surface area (Å²) < 4.78 is 35.0. The molecule has 0 saturated carbocycles. The average Bonchev–Trinajstić information content (AvgIpc) is 3.12. The molecule has 0 aromatic carbocycles. The fourth-order valence-corrected chi connectivity index (χ4v) is 7.53. The number of phosphoric acid groups is 1. The van der Waals surface area contributed by atoms with Gasteiger partial charge in [-0.3, -0.25) is 13.8 Å². The number of quaternary nitrogens is 1. The summed E-state index contributed by atoms with van der Waals surface area (Å²) in [5.74, 6) is -0.312. The van der Waals surface area contributed by atoms with Gasteiger partial charge in [-0.15, -0.1) is 0 Å². The molecule has 0 aromatic heterocycles. The van der Waals surface area contributed by atoms with E-state index in [1.165, 1.54) is 173 Å². The third kappa shape index (κ3) is 42.6. The van der Waals surface area contributed by atoms with Crippen molar-refractivity contribution in [2.45, 2.75) is 232 Å². The van der Waals surface area contributed by atoms with Crippen LogP contribution in [0.1, 0.15) is 226 Å². The second-order valence-electron chi connectivity index (χ2n) is 17.2. The Kier molecular flexibility index (Phi) is 39.0. The Balaban J connectivity index is 3.98. The van der Waals surface area contributed by atoms with E-state index >= 15 is 0 Å². The maximum atomic E-state index is 12.6. The van der Waals surface area contributed by atoms with Crippen LogP contribution in [-0.2, 0) is 27.9 Å². The molecule has 8 nitrogen and oxygen atoms in total. The van der Waals surface area contributed by atoms with E-state index in [9.17, 15) is 14.3 Å². The van der Waals surface area contributed by atoms with E-state index in [0.29, 0.717) is 24.1 Å². The van der Waals surface area contributed by atoms with Crippen molar-refractivity contribution in [2.24, 2.45) is 0 Å². The summed E-state index contributed by atoms with van der Waals surface area (Å²) in [4.78, 5) is 22.8. The van der Waals surface area contributed by atoms with Gasteiger partial charge in [0.2, 0.25) is 0 Å². The van der Waals surface area contributed by atoms with E-state index in [4.69, 9.17) is 18.5 Å². The molecule has 0 bridgehead atoms. The predicted molar refractivity (Wildman–Crippen MR) is 229 cm³/mol. The zero-order chi connectivity index (χ0) is 39.9. The lowest BCUT2D eigenvalue weighted by molar-refractivity contribution is -0.870. The molecule has 0 aliphatic carbocycles. The van der Waals surface area contributed by atoms with E-state index < -0.39 is 13.9 Å². The number of esters is 1. The number of carbonyl (C=O) groups is 1. The summed E-state index contributed by atoms with van der Waals surface area (Å²) in [6.07, 6.45) is 41.5. The highest BCUT2D eigenvalue weighted by atomic mass is 31.2. The maximum Gasteiger partial charge on any atom is 0.472 e. The maximum absolute atomic E-state index is 12.6.